The van der Waals surface area contributed by atoms with Crippen molar-refractivity contribution in [3.63, 3.8) is 0 Å². The summed E-state index contributed by atoms with van der Waals surface area (Å²) >= 11 is 0. The van der Waals surface area contributed by atoms with Gasteiger partial charge >= 0.3 is 5.97 Å². The van der Waals surface area contributed by atoms with Crippen LogP contribution in [0.3, 0.4) is 0 Å². The lowest BCUT2D eigenvalue weighted by Crippen LogP contribution is -2.44. The first kappa shape index (κ1) is 21.3. The minimum atomic E-state index is -0.644. The normalized spacial score (nSPS) is 16.6. The molecule has 2 heterocycles. The Morgan fingerprint density at radius 2 is 2.10 bits per heavy atom. The lowest BCUT2D eigenvalue weighted by atomic mass is 9.83. The molecule has 0 bridgehead atoms. The molecular formula is C22H23FN2O5. The maximum atomic E-state index is 13.8. The number of allylic oxidation sites excluding steroid dienone is 1. The number of furan rings is 1. The second kappa shape index (κ2) is 9.39. The van der Waals surface area contributed by atoms with Crippen molar-refractivity contribution in [1.29, 1.82) is 0 Å². The van der Waals surface area contributed by atoms with Crippen molar-refractivity contribution >= 4 is 17.8 Å². The highest BCUT2D eigenvalue weighted by Gasteiger charge is 2.37. The number of halogens is 1. The number of hydrogen-bond acceptors (Lipinski definition) is 5. The molecule has 1 aliphatic rings. The average Bonchev–Trinajstić information content (AvgIpc) is 3.23. The van der Waals surface area contributed by atoms with E-state index in [2.05, 4.69) is 5.32 Å². The minimum Gasteiger partial charge on any atom is -0.467 e. The SMILES string of the molecule is CCOC(=O)C1=C(C)N(CC(=O)NCc2ccco2)C(=O)CC1c1cccc(F)c1. The Morgan fingerprint density at radius 1 is 1.30 bits per heavy atom. The van der Waals surface area contributed by atoms with Gasteiger partial charge in [0.2, 0.25) is 11.8 Å². The van der Waals surface area contributed by atoms with Crippen LogP contribution in [-0.2, 0) is 25.7 Å². The number of ether oxygens (including phenoxy) is 1. The molecule has 1 unspecified atom stereocenters. The zero-order chi connectivity index (χ0) is 21.7. The molecule has 1 aromatic carbocycles. The van der Waals surface area contributed by atoms with Gasteiger partial charge in [-0.15, -0.1) is 0 Å². The maximum absolute atomic E-state index is 13.8. The smallest absolute Gasteiger partial charge is 0.336 e. The summed E-state index contributed by atoms with van der Waals surface area (Å²) in [7, 11) is 0. The van der Waals surface area contributed by atoms with Crippen LogP contribution in [0.2, 0.25) is 0 Å². The molecule has 2 aromatic rings. The largest absolute Gasteiger partial charge is 0.467 e. The third-order valence-electron chi connectivity index (χ3n) is 4.91. The molecule has 3 rings (SSSR count). The fraction of sp³-hybridized carbons (Fsp3) is 0.318. The first-order chi connectivity index (χ1) is 14.4. The first-order valence-electron chi connectivity index (χ1n) is 9.63. The summed E-state index contributed by atoms with van der Waals surface area (Å²) in [5.74, 6) is -1.83. The van der Waals surface area contributed by atoms with Crippen LogP contribution in [-0.4, -0.2) is 35.8 Å². The van der Waals surface area contributed by atoms with Crippen molar-refractivity contribution < 1.29 is 27.9 Å². The number of hydrogen-bond donors (Lipinski definition) is 1. The molecule has 0 aliphatic carbocycles. The van der Waals surface area contributed by atoms with E-state index in [1.54, 1.807) is 32.0 Å². The third-order valence-corrected chi connectivity index (χ3v) is 4.91. The van der Waals surface area contributed by atoms with Crippen molar-refractivity contribution in [3.05, 3.63) is 71.1 Å². The highest BCUT2D eigenvalue weighted by Crippen LogP contribution is 2.37. The van der Waals surface area contributed by atoms with E-state index in [1.165, 1.54) is 29.4 Å². The Labute approximate surface area is 173 Å². The van der Waals surface area contributed by atoms with E-state index >= 15 is 0 Å². The summed E-state index contributed by atoms with van der Waals surface area (Å²) in [5.41, 5.74) is 1.08. The molecule has 1 N–H and O–H groups in total. The Bertz CT molecular complexity index is 968. The molecular weight excluding hydrogens is 391 g/mol. The van der Waals surface area contributed by atoms with E-state index < -0.39 is 23.6 Å². The number of rotatable bonds is 7. The van der Waals surface area contributed by atoms with Gasteiger partial charge in [-0.1, -0.05) is 12.1 Å². The summed E-state index contributed by atoms with van der Waals surface area (Å²) < 4.78 is 24.1. The molecule has 30 heavy (non-hydrogen) atoms. The monoisotopic (exact) mass is 414 g/mol. The van der Waals surface area contributed by atoms with E-state index in [0.717, 1.165) is 0 Å². The summed E-state index contributed by atoms with van der Waals surface area (Å²) in [5, 5.41) is 2.68. The lowest BCUT2D eigenvalue weighted by molar-refractivity contribution is -0.141. The summed E-state index contributed by atoms with van der Waals surface area (Å²) in [6.07, 6.45) is 1.43. The van der Waals surface area contributed by atoms with Crippen LogP contribution in [0.5, 0.6) is 0 Å². The molecule has 8 heteroatoms. The van der Waals surface area contributed by atoms with Crippen LogP contribution in [0.15, 0.2) is 58.3 Å². The van der Waals surface area contributed by atoms with Gasteiger partial charge in [0, 0.05) is 18.0 Å². The Balaban J connectivity index is 1.86. The molecule has 0 saturated heterocycles. The van der Waals surface area contributed by atoms with E-state index in [0.29, 0.717) is 17.0 Å². The fourth-order valence-electron chi connectivity index (χ4n) is 3.48. The quantitative estimate of drug-likeness (QED) is 0.704. The van der Waals surface area contributed by atoms with Crippen LogP contribution in [0.25, 0.3) is 0 Å². The summed E-state index contributed by atoms with van der Waals surface area (Å²) in [6.45, 7) is 3.37. The Morgan fingerprint density at radius 3 is 2.77 bits per heavy atom. The topological polar surface area (TPSA) is 88.8 Å². The minimum absolute atomic E-state index is 0.0690. The molecule has 158 valence electrons. The van der Waals surface area contributed by atoms with Crippen LogP contribution in [0.1, 0.15) is 37.5 Å². The molecule has 1 atom stereocenters. The number of nitrogens with zero attached hydrogens (tertiary/aromatic N) is 1. The van der Waals surface area contributed by atoms with Gasteiger partial charge in [0.05, 0.1) is 25.0 Å². The number of amides is 2. The van der Waals surface area contributed by atoms with Crippen molar-refractivity contribution in [2.45, 2.75) is 32.7 Å². The van der Waals surface area contributed by atoms with Gasteiger partial charge in [0.15, 0.2) is 0 Å². The molecule has 1 aliphatic heterocycles. The molecule has 0 spiro atoms. The van der Waals surface area contributed by atoms with Crippen molar-refractivity contribution in [1.82, 2.24) is 10.2 Å². The van der Waals surface area contributed by atoms with E-state index in [4.69, 9.17) is 9.15 Å². The van der Waals surface area contributed by atoms with Crippen molar-refractivity contribution in [2.75, 3.05) is 13.2 Å². The number of esters is 1. The zero-order valence-electron chi connectivity index (χ0n) is 16.8. The van der Waals surface area contributed by atoms with Crippen LogP contribution in [0, 0.1) is 5.82 Å². The van der Waals surface area contributed by atoms with E-state index in [9.17, 15) is 18.8 Å². The van der Waals surface area contributed by atoms with Gasteiger partial charge in [-0.25, -0.2) is 9.18 Å². The predicted molar refractivity (Wildman–Crippen MR) is 105 cm³/mol. The highest BCUT2D eigenvalue weighted by molar-refractivity contribution is 5.97. The summed E-state index contributed by atoms with van der Waals surface area (Å²) in [6, 6.07) is 9.22. The van der Waals surface area contributed by atoms with Crippen LogP contribution in [0.4, 0.5) is 4.39 Å². The predicted octanol–water partition coefficient (Wildman–Crippen LogP) is 2.89. The number of nitrogens with one attached hydrogen (secondary N) is 1. The van der Waals surface area contributed by atoms with E-state index in [1.807, 2.05) is 0 Å². The second-order valence-corrected chi connectivity index (χ2v) is 6.87. The standard InChI is InChI=1S/C22H23FN2O5/c1-3-29-22(28)21-14(2)25(13-19(26)24-12-17-8-5-9-30-17)20(27)11-18(21)15-6-4-7-16(23)10-15/h4-10,18H,3,11-13H2,1-2H3,(H,24,26). The van der Waals surface area contributed by atoms with Crippen molar-refractivity contribution in [3.8, 4) is 0 Å². The van der Waals surface area contributed by atoms with Gasteiger partial charge in [-0.3, -0.25) is 9.59 Å². The molecule has 7 nitrogen and oxygen atoms in total. The number of carbonyl (C=O) groups is 3. The van der Waals surface area contributed by atoms with Gasteiger partial charge in [0.25, 0.3) is 0 Å². The second-order valence-electron chi connectivity index (χ2n) is 6.87. The van der Waals surface area contributed by atoms with E-state index in [-0.39, 0.29) is 37.6 Å². The highest BCUT2D eigenvalue weighted by atomic mass is 19.1. The fourth-order valence-corrected chi connectivity index (χ4v) is 3.48. The molecule has 0 radical (unpaired) electrons. The van der Waals surface area contributed by atoms with Gasteiger partial charge in [0.1, 0.15) is 18.1 Å². The van der Waals surface area contributed by atoms with Gasteiger partial charge < -0.3 is 19.4 Å². The molecule has 0 fully saturated rings. The maximum Gasteiger partial charge on any atom is 0.336 e. The van der Waals surface area contributed by atoms with Gasteiger partial charge in [-0.05, 0) is 43.7 Å². The van der Waals surface area contributed by atoms with Crippen molar-refractivity contribution in [2.24, 2.45) is 0 Å². The zero-order valence-corrected chi connectivity index (χ0v) is 16.8. The van der Waals surface area contributed by atoms with Gasteiger partial charge in [-0.2, -0.15) is 0 Å². The first-order valence-corrected chi connectivity index (χ1v) is 9.63. The average molecular weight is 414 g/mol. The number of benzene rings is 1. The molecule has 0 saturated carbocycles. The molecule has 2 amide bonds. The Kier molecular flexibility index (Phi) is 6.66. The third kappa shape index (κ3) is 4.76. The lowest BCUT2D eigenvalue weighted by Gasteiger charge is -2.34. The van der Waals surface area contributed by atoms with Crippen LogP contribution >= 0.6 is 0 Å². The van der Waals surface area contributed by atoms with Crippen LogP contribution < -0.4 is 5.32 Å². The number of carbonyl (C=O) groups excluding carboxylic acids is 3. The molecule has 1 aromatic heterocycles. The Hall–Kier alpha value is -3.42. The summed E-state index contributed by atoms with van der Waals surface area (Å²) in [4.78, 5) is 39.1.